The van der Waals surface area contributed by atoms with Gasteiger partial charge in [-0.2, -0.15) is 0 Å². The molecule has 0 spiro atoms. The lowest BCUT2D eigenvalue weighted by molar-refractivity contribution is -0.137. The highest BCUT2D eigenvalue weighted by Crippen LogP contribution is 2.12. The van der Waals surface area contributed by atoms with Crippen LogP contribution in [0.2, 0.25) is 0 Å². The minimum atomic E-state index is -0.850. The standard InChI is InChI=1S/C12H22N2O3/c1-10(2)4-8-13-6-3-7-14(12(13)17)9-5-11(15)16/h10H,3-9H2,1-2H3,(H,15,16). The first-order chi connectivity index (χ1) is 8.00. The van der Waals surface area contributed by atoms with Gasteiger partial charge in [0.2, 0.25) is 0 Å². The average molecular weight is 242 g/mol. The van der Waals surface area contributed by atoms with Crippen LogP contribution < -0.4 is 0 Å². The van der Waals surface area contributed by atoms with E-state index in [4.69, 9.17) is 5.11 Å². The van der Waals surface area contributed by atoms with Gasteiger partial charge in [-0.3, -0.25) is 4.79 Å². The van der Waals surface area contributed by atoms with Gasteiger partial charge in [-0.05, 0) is 18.8 Å². The predicted octanol–water partition coefficient (Wildman–Crippen LogP) is 1.63. The topological polar surface area (TPSA) is 60.9 Å². The van der Waals surface area contributed by atoms with Crippen molar-refractivity contribution in [2.45, 2.75) is 33.1 Å². The summed E-state index contributed by atoms with van der Waals surface area (Å²) in [7, 11) is 0. The molecule has 1 fully saturated rings. The monoisotopic (exact) mass is 242 g/mol. The van der Waals surface area contributed by atoms with E-state index in [0.717, 1.165) is 25.9 Å². The molecule has 17 heavy (non-hydrogen) atoms. The molecule has 5 heteroatoms. The van der Waals surface area contributed by atoms with E-state index in [9.17, 15) is 9.59 Å². The van der Waals surface area contributed by atoms with Crippen LogP contribution in [0.5, 0.6) is 0 Å². The van der Waals surface area contributed by atoms with Crippen molar-refractivity contribution in [3.63, 3.8) is 0 Å². The number of aliphatic carboxylic acids is 1. The Balaban J connectivity index is 2.41. The molecule has 0 aromatic heterocycles. The van der Waals surface area contributed by atoms with Crippen molar-refractivity contribution in [2.75, 3.05) is 26.2 Å². The fraction of sp³-hybridized carbons (Fsp3) is 0.833. The molecule has 1 saturated heterocycles. The molecule has 0 unspecified atom stereocenters. The van der Waals surface area contributed by atoms with Crippen molar-refractivity contribution in [1.82, 2.24) is 9.80 Å². The number of carbonyl (C=O) groups is 2. The molecule has 1 N–H and O–H groups in total. The van der Waals surface area contributed by atoms with Gasteiger partial charge in [0.1, 0.15) is 0 Å². The summed E-state index contributed by atoms with van der Waals surface area (Å²) in [6.45, 7) is 6.86. The first-order valence-electron chi connectivity index (χ1n) is 6.26. The van der Waals surface area contributed by atoms with Crippen LogP contribution in [0.15, 0.2) is 0 Å². The minimum absolute atomic E-state index is 0.00171. The fourth-order valence-electron chi connectivity index (χ4n) is 1.90. The molecule has 0 aromatic rings. The molecule has 5 nitrogen and oxygen atoms in total. The molecule has 1 heterocycles. The van der Waals surface area contributed by atoms with E-state index < -0.39 is 5.97 Å². The second-order valence-electron chi connectivity index (χ2n) is 4.94. The molecule has 98 valence electrons. The number of rotatable bonds is 6. The number of carboxylic acids is 1. The first kappa shape index (κ1) is 13.8. The lowest BCUT2D eigenvalue weighted by Gasteiger charge is -2.35. The Morgan fingerprint density at radius 3 is 2.41 bits per heavy atom. The maximum absolute atomic E-state index is 12.0. The smallest absolute Gasteiger partial charge is 0.320 e. The molecule has 1 rings (SSSR count). The summed E-state index contributed by atoms with van der Waals surface area (Å²) < 4.78 is 0. The van der Waals surface area contributed by atoms with Crippen molar-refractivity contribution in [1.29, 1.82) is 0 Å². The van der Waals surface area contributed by atoms with Gasteiger partial charge in [-0.25, -0.2) is 4.79 Å². The van der Waals surface area contributed by atoms with Gasteiger partial charge in [0.25, 0.3) is 0 Å². The summed E-state index contributed by atoms with van der Waals surface area (Å²) in [5.41, 5.74) is 0. The van der Waals surface area contributed by atoms with Gasteiger partial charge >= 0.3 is 12.0 Å². The van der Waals surface area contributed by atoms with E-state index in [1.807, 2.05) is 4.90 Å². The lowest BCUT2D eigenvalue weighted by Crippen LogP contribution is -2.50. The number of hydrogen-bond donors (Lipinski definition) is 1. The van der Waals surface area contributed by atoms with Gasteiger partial charge in [0, 0.05) is 26.2 Å². The maximum Gasteiger partial charge on any atom is 0.320 e. The summed E-state index contributed by atoms with van der Waals surface area (Å²) in [4.78, 5) is 26.0. The number of carboxylic acid groups (broad SMARTS) is 1. The summed E-state index contributed by atoms with van der Waals surface area (Å²) in [5, 5.41) is 8.62. The molecule has 0 atom stereocenters. The van der Waals surface area contributed by atoms with Crippen molar-refractivity contribution >= 4 is 12.0 Å². The maximum atomic E-state index is 12.0. The minimum Gasteiger partial charge on any atom is -0.481 e. The fourth-order valence-corrected chi connectivity index (χ4v) is 1.90. The van der Waals surface area contributed by atoms with Gasteiger partial charge < -0.3 is 14.9 Å². The molecule has 0 bridgehead atoms. The Hall–Kier alpha value is -1.26. The summed E-state index contributed by atoms with van der Waals surface area (Å²) in [5.74, 6) is -0.269. The number of nitrogens with zero attached hydrogens (tertiary/aromatic N) is 2. The zero-order valence-corrected chi connectivity index (χ0v) is 10.7. The van der Waals surface area contributed by atoms with Crippen LogP contribution in [0.3, 0.4) is 0 Å². The molecule has 2 amide bonds. The average Bonchev–Trinajstić information content (AvgIpc) is 2.25. The number of hydrogen-bond acceptors (Lipinski definition) is 2. The second-order valence-corrected chi connectivity index (χ2v) is 4.94. The van der Waals surface area contributed by atoms with Crippen LogP contribution in [-0.2, 0) is 4.79 Å². The number of carbonyl (C=O) groups excluding carboxylic acids is 1. The van der Waals surface area contributed by atoms with Crippen LogP contribution in [0.1, 0.15) is 33.1 Å². The van der Waals surface area contributed by atoms with Crippen molar-refractivity contribution in [2.24, 2.45) is 5.92 Å². The van der Waals surface area contributed by atoms with Crippen LogP contribution in [0, 0.1) is 5.92 Å². The Kier molecular flexibility index (Phi) is 5.25. The Labute approximate surface area is 102 Å². The van der Waals surface area contributed by atoms with Crippen molar-refractivity contribution < 1.29 is 14.7 Å². The van der Waals surface area contributed by atoms with Gasteiger partial charge in [-0.1, -0.05) is 13.8 Å². The van der Waals surface area contributed by atoms with Crippen LogP contribution in [-0.4, -0.2) is 53.1 Å². The van der Waals surface area contributed by atoms with Gasteiger partial charge in [-0.15, -0.1) is 0 Å². The van der Waals surface area contributed by atoms with E-state index in [-0.39, 0.29) is 12.5 Å². The highest BCUT2D eigenvalue weighted by molar-refractivity contribution is 5.76. The SMILES string of the molecule is CC(C)CCN1CCCN(CCC(=O)O)C1=O. The normalized spacial score (nSPS) is 16.8. The van der Waals surface area contributed by atoms with Crippen molar-refractivity contribution in [3.05, 3.63) is 0 Å². The molecule has 1 aliphatic heterocycles. The predicted molar refractivity (Wildman–Crippen MR) is 64.9 cm³/mol. The summed E-state index contributed by atoms with van der Waals surface area (Å²) in [6.07, 6.45) is 1.96. The zero-order chi connectivity index (χ0) is 12.8. The Bertz CT molecular complexity index is 279. The van der Waals surface area contributed by atoms with E-state index in [1.54, 1.807) is 4.90 Å². The van der Waals surface area contributed by atoms with E-state index in [2.05, 4.69) is 13.8 Å². The molecule has 1 aliphatic rings. The second kappa shape index (κ2) is 6.47. The lowest BCUT2D eigenvalue weighted by atomic mass is 10.1. The molecular weight excluding hydrogens is 220 g/mol. The van der Waals surface area contributed by atoms with Crippen LogP contribution in [0.4, 0.5) is 4.79 Å². The Morgan fingerprint density at radius 2 is 1.88 bits per heavy atom. The number of urea groups is 1. The molecular formula is C12H22N2O3. The summed E-state index contributed by atoms with van der Waals surface area (Å²) >= 11 is 0. The largest absolute Gasteiger partial charge is 0.481 e. The third kappa shape index (κ3) is 4.63. The summed E-state index contributed by atoms with van der Waals surface area (Å²) in [6, 6.07) is -0.00171. The van der Waals surface area contributed by atoms with Crippen molar-refractivity contribution in [3.8, 4) is 0 Å². The molecule has 0 aromatic carbocycles. The quantitative estimate of drug-likeness (QED) is 0.770. The molecule has 0 saturated carbocycles. The molecule has 0 radical (unpaired) electrons. The third-order valence-corrected chi connectivity index (χ3v) is 2.97. The van der Waals surface area contributed by atoms with E-state index >= 15 is 0 Å². The third-order valence-electron chi connectivity index (χ3n) is 2.97. The highest BCUT2D eigenvalue weighted by atomic mass is 16.4. The van der Waals surface area contributed by atoms with Gasteiger partial charge in [0.05, 0.1) is 6.42 Å². The van der Waals surface area contributed by atoms with E-state index in [1.165, 1.54) is 0 Å². The zero-order valence-electron chi connectivity index (χ0n) is 10.7. The first-order valence-corrected chi connectivity index (χ1v) is 6.26. The van der Waals surface area contributed by atoms with Crippen LogP contribution >= 0.6 is 0 Å². The molecule has 0 aliphatic carbocycles. The highest BCUT2D eigenvalue weighted by Gasteiger charge is 2.25. The number of amides is 2. The van der Waals surface area contributed by atoms with E-state index in [0.29, 0.717) is 19.0 Å². The van der Waals surface area contributed by atoms with Crippen LogP contribution in [0.25, 0.3) is 0 Å². The Morgan fingerprint density at radius 1 is 1.29 bits per heavy atom. The van der Waals surface area contributed by atoms with Gasteiger partial charge in [0.15, 0.2) is 0 Å².